The molecule has 0 heterocycles. The van der Waals surface area contributed by atoms with E-state index in [0.29, 0.717) is 45.1 Å². The van der Waals surface area contributed by atoms with E-state index in [1.54, 1.807) is 0 Å². The van der Waals surface area contributed by atoms with Crippen LogP contribution in [0.15, 0.2) is 12.1 Å². The predicted molar refractivity (Wildman–Crippen MR) is 126 cm³/mol. The molecule has 3 aliphatic carbocycles. The third-order valence-corrected chi connectivity index (χ3v) is 7.86. The standard InChI is InChI=1S/C26H34F2N2O6/c1-35-21-12-19(28)22(36-16-7-5-15(6-8-16)25(33)34)11-18(21)24(32)30-20-4-2-3-17(20)23(31)29-14-26(13-27)9-10-26/h11-12,15-17,20H,2-10,13-14H2,1H3,(H,29,31)(H,30,32)(H,33,34). The van der Waals surface area contributed by atoms with Gasteiger partial charge in [-0.2, -0.15) is 0 Å². The molecular weight excluding hydrogens is 474 g/mol. The number of methoxy groups -OCH3 is 1. The fourth-order valence-electron chi connectivity index (χ4n) is 5.21. The van der Waals surface area contributed by atoms with Gasteiger partial charge in [-0.15, -0.1) is 0 Å². The van der Waals surface area contributed by atoms with Crippen LogP contribution in [0.25, 0.3) is 0 Å². The van der Waals surface area contributed by atoms with Crippen molar-refractivity contribution in [1.82, 2.24) is 10.6 Å². The van der Waals surface area contributed by atoms with Gasteiger partial charge in [0, 0.05) is 24.1 Å². The highest BCUT2D eigenvalue weighted by atomic mass is 19.1. The van der Waals surface area contributed by atoms with E-state index >= 15 is 0 Å². The van der Waals surface area contributed by atoms with Gasteiger partial charge < -0.3 is 25.2 Å². The van der Waals surface area contributed by atoms with Crippen molar-refractivity contribution in [2.24, 2.45) is 17.3 Å². The summed E-state index contributed by atoms with van der Waals surface area (Å²) in [6.45, 7) is -0.145. The van der Waals surface area contributed by atoms with Crippen LogP contribution in [0.4, 0.5) is 8.78 Å². The number of halogens is 2. The van der Waals surface area contributed by atoms with Crippen molar-refractivity contribution in [2.45, 2.75) is 69.9 Å². The van der Waals surface area contributed by atoms with Gasteiger partial charge in [-0.25, -0.2) is 4.39 Å². The third kappa shape index (κ3) is 5.90. The molecule has 0 bridgehead atoms. The average molecular weight is 509 g/mol. The molecule has 0 aromatic heterocycles. The second-order valence-electron chi connectivity index (χ2n) is 10.4. The van der Waals surface area contributed by atoms with E-state index < -0.39 is 47.7 Å². The molecule has 3 aliphatic rings. The minimum Gasteiger partial charge on any atom is -0.496 e. The van der Waals surface area contributed by atoms with Crippen LogP contribution in [0.5, 0.6) is 11.5 Å². The summed E-state index contributed by atoms with van der Waals surface area (Å²) in [6, 6.07) is 2.00. The molecule has 0 radical (unpaired) electrons. The molecule has 1 aromatic rings. The summed E-state index contributed by atoms with van der Waals surface area (Å²) in [7, 11) is 1.34. The number of hydrogen-bond donors (Lipinski definition) is 3. The quantitative estimate of drug-likeness (QED) is 0.445. The lowest BCUT2D eigenvalue weighted by Crippen LogP contribution is -2.45. The second kappa shape index (κ2) is 11.0. The minimum absolute atomic E-state index is 0.0459. The number of aliphatic carboxylic acids is 1. The van der Waals surface area contributed by atoms with Gasteiger partial charge in [-0.1, -0.05) is 6.42 Å². The first-order chi connectivity index (χ1) is 17.2. The van der Waals surface area contributed by atoms with Crippen molar-refractivity contribution in [2.75, 3.05) is 20.3 Å². The zero-order valence-electron chi connectivity index (χ0n) is 20.5. The van der Waals surface area contributed by atoms with Crippen molar-refractivity contribution in [1.29, 1.82) is 0 Å². The highest BCUT2D eigenvalue weighted by Gasteiger charge is 2.44. The average Bonchev–Trinajstić information content (AvgIpc) is 3.52. The summed E-state index contributed by atoms with van der Waals surface area (Å²) in [4.78, 5) is 37.1. The van der Waals surface area contributed by atoms with Gasteiger partial charge >= 0.3 is 5.97 Å². The molecule has 2 atom stereocenters. The topological polar surface area (TPSA) is 114 Å². The van der Waals surface area contributed by atoms with E-state index in [9.17, 15) is 23.2 Å². The molecule has 2 unspecified atom stereocenters. The van der Waals surface area contributed by atoms with E-state index in [0.717, 1.165) is 25.3 Å². The van der Waals surface area contributed by atoms with E-state index in [-0.39, 0.29) is 29.1 Å². The number of ether oxygens (including phenoxy) is 2. The summed E-state index contributed by atoms with van der Waals surface area (Å²) >= 11 is 0. The van der Waals surface area contributed by atoms with Gasteiger partial charge in [0.25, 0.3) is 5.91 Å². The third-order valence-electron chi connectivity index (χ3n) is 7.86. The predicted octanol–water partition coefficient (Wildman–Crippen LogP) is 3.62. The van der Waals surface area contributed by atoms with E-state index in [4.69, 9.17) is 14.6 Å². The maximum atomic E-state index is 14.7. The number of carboxylic acids is 1. The molecule has 2 amide bonds. The van der Waals surface area contributed by atoms with Crippen LogP contribution in [-0.4, -0.2) is 55.4 Å². The zero-order valence-corrected chi connectivity index (χ0v) is 20.5. The van der Waals surface area contributed by atoms with Crippen LogP contribution in [0, 0.1) is 23.1 Å². The first kappa shape index (κ1) is 26.2. The van der Waals surface area contributed by atoms with Crippen molar-refractivity contribution < 1.29 is 37.7 Å². The van der Waals surface area contributed by atoms with Gasteiger partial charge in [0.1, 0.15) is 5.75 Å². The van der Waals surface area contributed by atoms with Crippen LogP contribution < -0.4 is 20.1 Å². The smallest absolute Gasteiger partial charge is 0.306 e. The highest BCUT2D eigenvalue weighted by Crippen LogP contribution is 2.45. The zero-order chi connectivity index (χ0) is 25.9. The van der Waals surface area contributed by atoms with E-state index in [1.807, 2.05) is 0 Å². The SMILES string of the molecule is COc1cc(F)c(OC2CCC(C(=O)O)CC2)cc1C(=O)NC1CCCC1C(=O)NCC1(CF)CC1. The molecule has 10 heteroatoms. The lowest BCUT2D eigenvalue weighted by Gasteiger charge is -2.27. The second-order valence-corrected chi connectivity index (χ2v) is 10.4. The Bertz CT molecular complexity index is 991. The Kier molecular flexibility index (Phi) is 8.00. The van der Waals surface area contributed by atoms with Crippen LogP contribution in [-0.2, 0) is 9.59 Å². The monoisotopic (exact) mass is 508 g/mol. The molecule has 3 saturated carbocycles. The molecule has 0 spiro atoms. The largest absolute Gasteiger partial charge is 0.496 e. The van der Waals surface area contributed by atoms with E-state index in [1.165, 1.54) is 13.2 Å². The molecule has 4 rings (SSSR count). The van der Waals surface area contributed by atoms with Crippen molar-refractivity contribution in [3.8, 4) is 11.5 Å². The Morgan fingerprint density at radius 3 is 2.42 bits per heavy atom. The maximum Gasteiger partial charge on any atom is 0.306 e. The normalized spacial score (nSPS) is 26.6. The van der Waals surface area contributed by atoms with Gasteiger partial charge in [-0.3, -0.25) is 18.8 Å². The Balaban J connectivity index is 1.41. The first-order valence-corrected chi connectivity index (χ1v) is 12.7. The lowest BCUT2D eigenvalue weighted by atomic mass is 9.87. The van der Waals surface area contributed by atoms with Crippen molar-refractivity contribution in [3.63, 3.8) is 0 Å². The summed E-state index contributed by atoms with van der Waals surface area (Å²) < 4.78 is 38.9. The minimum atomic E-state index is -0.837. The van der Waals surface area contributed by atoms with Crippen molar-refractivity contribution >= 4 is 17.8 Å². The molecular formula is C26H34F2N2O6. The molecule has 0 aliphatic heterocycles. The van der Waals surface area contributed by atoms with Crippen LogP contribution in [0.2, 0.25) is 0 Å². The molecule has 198 valence electrons. The fourth-order valence-corrected chi connectivity index (χ4v) is 5.21. The lowest BCUT2D eigenvalue weighted by molar-refractivity contribution is -0.143. The van der Waals surface area contributed by atoms with Crippen molar-refractivity contribution in [3.05, 3.63) is 23.5 Å². The number of amides is 2. The highest BCUT2D eigenvalue weighted by molar-refractivity contribution is 5.98. The van der Waals surface area contributed by atoms with Crippen LogP contribution in [0.3, 0.4) is 0 Å². The summed E-state index contributed by atoms with van der Waals surface area (Å²) in [5.74, 6) is -3.10. The maximum absolute atomic E-state index is 14.7. The molecule has 8 nitrogen and oxygen atoms in total. The Morgan fingerprint density at radius 2 is 1.81 bits per heavy atom. The molecule has 0 saturated heterocycles. The van der Waals surface area contributed by atoms with E-state index in [2.05, 4.69) is 10.6 Å². The number of carboxylic acid groups (broad SMARTS) is 1. The molecule has 36 heavy (non-hydrogen) atoms. The number of benzene rings is 1. The number of alkyl halides is 1. The van der Waals surface area contributed by atoms with Crippen LogP contribution >= 0.6 is 0 Å². The number of rotatable bonds is 10. The Hall–Kier alpha value is -2.91. The number of carbonyl (C=O) groups is 3. The fraction of sp³-hybridized carbons (Fsp3) is 0.654. The van der Waals surface area contributed by atoms with Gasteiger partial charge in [-0.05, 0) is 57.4 Å². The number of carbonyl (C=O) groups excluding carboxylic acids is 2. The van der Waals surface area contributed by atoms with Crippen LogP contribution in [0.1, 0.15) is 68.1 Å². The Labute approximate surface area is 209 Å². The van der Waals surface area contributed by atoms with Gasteiger partial charge in [0.15, 0.2) is 11.6 Å². The molecule has 3 N–H and O–H groups in total. The number of nitrogens with one attached hydrogen (secondary N) is 2. The summed E-state index contributed by atoms with van der Waals surface area (Å²) in [6.07, 6.45) is 5.05. The summed E-state index contributed by atoms with van der Waals surface area (Å²) in [5.41, 5.74) is -0.328. The molecule has 3 fully saturated rings. The van der Waals surface area contributed by atoms with Gasteiger partial charge in [0.05, 0.1) is 37.3 Å². The first-order valence-electron chi connectivity index (χ1n) is 12.7. The van der Waals surface area contributed by atoms with Gasteiger partial charge in [0.2, 0.25) is 5.91 Å². The Morgan fingerprint density at radius 1 is 1.08 bits per heavy atom. The molecule has 1 aromatic carbocycles. The summed E-state index contributed by atoms with van der Waals surface area (Å²) in [5, 5.41) is 14.9. The number of hydrogen-bond acceptors (Lipinski definition) is 5.